The second-order valence-corrected chi connectivity index (χ2v) is 7.81. The molecule has 1 aliphatic rings. The highest BCUT2D eigenvalue weighted by Crippen LogP contribution is 2.55. The first-order chi connectivity index (χ1) is 15.4. The summed E-state index contributed by atoms with van der Waals surface area (Å²) in [6.07, 6.45) is 3.67. The van der Waals surface area contributed by atoms with Crippen molar-refractivity contribution in [3.63, 3.8) is 0 Å². The molecule has 1 fully saturated rings. The minimum absolute atomic E-state index is 0.00131. The van der Waals surface area contributed by atoms with E-state index in [-0.39, 0.29) is 34.3 Å². The quantitative estimate of drug-likeness (QED) is 0.507. The summed E-state index contributed by atoms with van der Waals surface area (Å²) in [6.45, 7) is 6.03. The van der Waals surface area contributed by atoms with Gasteiger partial charge in [-0.2, -0.15) is 5.26 Å². The maximum Gasteiger partial charge on any atom is 0.158 e. The first kappa shape index (κ1) is 27.2. The molecule has 3 atom stereocenters. The molecule has 6 nitrogen and oxygen atoms in total. The highest BCUT2D eigenvalue weighted by atomic mass is 32.2. The van der Waals surface area contributed by atoms with Crippen LogP contribution in [0.5, 0.6) is 0 Å². The second-order valence-electron chi connectivity index (χ2n) is 6.61. The fourth-order valence-corrected chi connectivity index (χ4v) is 4.11. The molecule has 2 N–H and O–H groups in total. The Kier molecular flexibility index (Phi) is 11.5. The highest BCUT2D eigenvalue weighted by molar-refractivity contribution is 8.14. The maximum absolute atomic E-state index is 14.4. The van der Waals surface area contributed by atoms with Gasteiger partial charge in [0.15, 0.2) is 16.7 Å². The van der Waals surface area contributed by atoms with Crippen molar-refractivity contribution < 1.29 is 13.5 Å². The fraction of sp³-hybridized carbons (Fsp3) is 0.391. The van der Waals surface area contributed by atoms with Gasteiger partial charge in [0.2, 0.25) is 0 Å². The number of benzene rings is 1. The largest absolute Gasteiger partial charge is 0.388 e. The second kappa shape index (κ2) is 13.6. The van der Waals surface area contributed by atoms with Gasteiger partial charge in [0.1, 0.15) is 17.6 Å². The van der Waals surface area contributed by atoms with Crippen LogP contribution in [-0.4, -0.2) is 41.7 Å². The monoisotopic (exact) mass is 461 g/mol. The van der Waals surface area contributed by atoms with Crippen LogP contribution in [0.25, 0.3) is 11.9 Å². The van der Waals surface area contributed by atoms with Crippen LogP contribution < -0.4 is 5.73 Å². The van der Waals surface area contributed by atoms with Crippen molar-refractivity contribution in [3.05, 3.63) is 58.9 Å². The Balaban J connectivity index is 0.000000944. The Morgan fingerprint density at radius 1 is 1.28 bits per heavy atom. The van der Waals surface area contributed by atoms with Gasteiger partial charge in [0.05, 0.1) is 12.4 Å². The lowest BCUT2D eigenvalue weighted by Gasteiger charge is -2.05. The van der Waals surface area contributed by atoms with E-state index in [1.54, 1.807) is 27.3 Å². The van der Waals surface area contributed by atoms with Crippen molar-refractivity contribution in [1.29, 1.82) is 5.26 Å². The number of thioether (sulfide) groups is 1. The van der Waals surface area contributed by atoms with Crippen LogP contribution in [0.1, 0.15) is 49.2 Å². The number of aromatic nitrogens is 2. The predicted octanol–water partition coefficient (Wildman–Crippen LogP) is 5.02. The SMILES string of the molecule is CC.CN=C(N)SC1C(c2cc(/C=C(\F)c3cnc(C#N)cn3)ccc2F)[C@@H]1C.COC. The Morgan fingerprint density at radius 3 is 2.47 bits per heavy atom. The minimum Gasteiger partial charge on any atom is -0.388 e. The van der Waals surface area contributed by atoms with E-state index < -0.39 is 5.83 Å². The molecule has 0 spiro atoms. The van der Waals surface area contributed by atoms with Crippen LogP contribution in [-0.2, 0) is 4.74 Å². The van der Waals surface area contributed by atoms with Crippen molar-refractivity contribution >= 4 is 28.8 Å². The lowest BCUT2D eigenvalue weighted by atomic mass is 10.0. The van der Waals surface area contributed by atoms with Gasteiger partial charge < -0.3 is 10.5 Å². The molecule has 2 unspecified atom stereocenters. The zero-order chi connectivity index (χ0) is 24.3. The third kappa shape index (κ3) is 7.39. The van der Waals surface area contributed by atoms with E-state index in [1.165, 1.54) is 42.4 Å². The van der Waals surface area contributed by atoms with E-state index in [1.807, 2.05) is 26.8 Å². The van der Waals surface area contributed by atoms with Gasteiger partial charge in [-0.25, -0.2) is 18.7 Å². The molecule has 172 valence electrons. The summed E-state index contributed by atoms with van der Waals surface area (Å²) >= 11 is 1.43. The van der Waals surface area contributed by atoms with E-state index in [2.05, 4.69) is 19.7 Å². The molecule has 0 amide bonds. The summed E-state index contributed by atoms with van der Waals surface area (Å²) in [5.74, 6) is -0.681. The Morgan fingerprint density at radius 2 is 1.94 bits per heavy atom. The summed E-state index contributed by atoms with van der Waals surface area (Å²) in [7, 11) is 4.87. The normalized spacial score (nSPS) is 19.7. The molecule has 0 radical (unpaired) electrons. The summed E-state index contributed by atoms with van der Waals surface area (Å²) in [6, 6.07) is 6.31. The van der Waals surface area contributed by atoms with Crippen LogP contribution >= 0.6 is 11.8 Å². The maximum atomic E-state index is 14.4. The van der Waals surface area contributed by atoms with E-state index >= 15 is 0 Å². The summed E-state index contributed by atoms with van der Waals surface area (Å²) in [5.41, 5.74) is 6.95. The Bertz CT molecular complexity index is 973. The van der Waals surface area contributed by atoms with E-state index in [4.69, 9.17) is 11.0 Å². The van der Waals surface area contributed by atoms with Gasteiger partial charge in [0, 0.05) is 32.4 Å². The third-order valence-electron chi connectivity index (χ3n) is 4.46. The van der Waals surface area contributed by atoms with Gasteiger partial charge in [-0.15, -0.1) is 0 Å². The molecular weight excluding hydrogens is 432 g/mol. The molecule has 0 saturated heterocycles. The minimum atomic E-state index is -0.610. The average Bonchev–Trinajstić information content (AvgIpc) is 3.44. The molecule has 9 heteroatoms. The molecule has 1 heterocycles. The van der Waals surface area contributed by atoms with E-state index in [0.29, 0.717) is 16.3 Å². The highest BCUT2D eigenvalue weighted by Gasteiger charge is 2.49. The number of nitrogens with two attached hydrogens (primary N) is 1. The number of amidine groups is 1. The molecule has 0 aliphatic heterocycles. The molecule has 1 aromatic carbocycles. The number of halogens is 2. The number of methoxy groups -OCH3 is 1. The number of ether oxygens (including phenoxy) is 1. The lowest BCUT2D eigenvalue weighted by molar-refractivity contribution is 0.277. The van der Waals surface area contributed by atoms with Crippen molar-refractivity contribution in [1.82, 2.24) is 9.97 Å². The molecule has 1 saturated carbocycles. The van der Waals surface area contributed by atoms with Gasteiger partial charge >= 0.3 is 0 Å². The van der Waals surface area contributed by atoms with Crippen molar-refractivity contribution in [2.75, 3.05) is 21.3 Å². The van der Waals surface area contributed by atoms with Crippen LogP contribution in [0.4, 0.5) is 8.78 Å². The van der Waals surface area contributed by atoms with Crippen LogP contribution in [0.3, 0.4) is 0 Å². The molecular formula is C23H29F2N5OS. The molecule has 1 aromatic heterocycles. The van der Waals surface area contributed by atoms with Crippen molar-refractivity contribution in [2.45, 2.75) is 31.9 Å². The summed E-state index contributed by atoms with van der Waals surface area (Å²) in [4.78, 5) is 11.6. The van der Waals surface area contributed by atoms with Crippen LogP contribution in [0.2, 0.25) is 0 Å². The van der Waals surface area contributed by atoms with E-state index in [0.717, 1.165) is 0 Å². The number of nitriles is 1. The predicted molar refractivity (Wildman–Crippen MR) is 127 cm³/mol. The smallest absolute Gasteiger partial charge is 0.158 e. The standard InChI is InChI=1S/C19H17F2N5S.C2H6O.C2H6/c1-10-17(18(10)27-19(23)24-2)13-5-11(3-4-14(13)20)6-15(21)16-9-25-12(7-22)8-26-16;1-3-2;1-2/h3-6,8-10,17-18H,1-2H3,(H2,23,24);1-2H3;1-2H3/b15-6-;;/t10-,17?,18?;;/m0../s1. The van der Waals surface area contributed by atoms with Gasteiger partial charge in [-0.3, -0.25) is 4.99 Å². The Labute approximate surface area is 192 Å². The summed E-state index contributed by atoms with van der Waals surface area (Å²) < 4.78 is 33.0. The molecule has 0 bridgehead atoms. The molecule has 3 rings (SSSR count). The zero-order valence-corrected chi connectivity index (χ0v) is 20.0. The first-order valence-corrected chi connectivity index (χ1v) is 10.9. The fourth-order valence-electron chi connectivity index (χ4n) is 2.90. The number of aliphatic imine (C=N–C) groups is 1. The van der Waals surface area contributed by atoms with Gasteiger partial charge in [-0.05, 0) is 35.3 Å². The van der Waals surface area contributed by atoms with Crippen molar-refractivity contribution in [3.8, 4) is 6.07 Å². The first-order valence-electron chi connectivity index (χ1n) is 10.0. The van der Waals surface area contributed by atoms with Gasteiger partial charge in [-0.1, -0.05) is 38.6 Å². The lowest BCUT2D eigenvalue weighted by Crippen LogP contribution is -2.07. The Hall–Kier alpha value is -2.83. The third-order valence-corrected chi connectivity index (χ3v) is 5.88. The molecule has 32 heavy (non-hydrogen) atoms. The molecule has 2 aromatic rings. The average molecular weight is 462 g/mol. The molecule has 1 aliphatic carbocycles. The zero-order valence-electron chi connectivity index (χ0n) is 19.1. The van der Waals surface area contributed by atoms with Crippen LogP contribution in [0.15, 0.2) is 35.6 Å². The number of rotatable bonds is 4. The number of hydrogen-bond acceptors (Lipinski definition) is 6. The van der Waals surface area contributed by atoms with Crippen molar-refractivity contribution in [2.24, 2.45) is 16.6 Å². The number of hydrogen-bond donors (Lipinski definition) is 1. The van der Waals surface area contributed by atoms with Gasteiger partial charge in [0.25, 0.3) is 0 Å². The van der Waals surface area contributed by atoms with E-state index in [9.17, 15) is 8.78 Å². The van der Waals surface area contributed by atoms with Crippen LogP contribution in [0, 0.1) is 23.1 Å². The topological polar surface area (TPSA) is 97.2 Å². The number of nitrogens with zero attached hydrogens (tertiary/aromatic N) is 4. The summed E-state index contributed by atoms with van der Waals surface area (Å²) in [5, 5.41) is 9.34.